The number of hydrogen-bond acceptors (Lipinski definition) is 3. The predicted octanol–water partition coefficient (Wildman–Crippen LogP) is 4.00. The molecule has 0 radical (unpaired) electrons. The van der Waals surface area contributed by atoms with Crippen molar-refractivity contribution >= 4 is 14.0 Å². The van der Waals surface area contributed by atoms with E-state index in [0.29, 0.717) is 0 Å². The Hall–Kier alpha value is -0.843. The molecule has 1 aliphatic rings. The highest BCUT2D eigenvalue weighted by molar-refractivity contribution is 6.74. The summed E-state index contributed by atoms with van der Waals surface area (Å²) < 4.78 is 6.28. The summed E-state index contributed by atoms with van der Waals surface area (Å²) in [7, 11) is 0.581. The van der Waals surface area contributed by atoms with Crippen molar-refractivity contribution < 1.29 is 4.43 Å². The molecule has 0 aromatic heterocycles. The lowest BCUT2D eigenvalue weighted by atomic mass is 10.1. The second kappa shape index (κ2) is 7.37. The maximum atomic E-state index is 6.28. The highest BCUT2D eigenvalue weighted by Crippen LogP contribution is 2.36. The molecule has 0 saturated carbocycles. The molecule has 2 rings (SSSR count). The van der Waals surface area contributed by atoms with E-state index in [1.807, 2.05) is 0 Å². The molecule has 0 N–H and O–H groups in total. The van der Waals surface area contributed by atoms with Gasteiger partial charge in [-0.25, -0.2) is 0 Å². The second-order valence-electron chi connectivity index (χ2n) is 8.32. The number of nitrogens with zero attached hydrogens (tertiary/aromatic N) is 2. The SMILES string of the molecule is CN1CCN(c2ccc(CCO[Si](C)(C)C(C)(C)C)cc2)CC1. The maximum Gasteiger partial charge on any atom is 0.191 e. The van der Waals surface area contributed by atoms with E-state index in [4.69, 9.17) is 4.43 Å². The van der Waals surface area contributed by atoms with E-state index < -0.39 is 8.32 Å². The van der Waals surface area contributed by atoms with Gasteiger partial charge in [0.1, 0.15) is 0 Å². The normalized spacial score (nSPS) is 17.6. The first-order chi connectivity index (χ1) is 10.7. The van der Waals surface area contributed by atoms with Crippen molar-refractivity contribution in [2.75, 3.05) is 44.7 Å². The van der Waals surface area contributed by atoms with E-state index in [0.717, 1.165) is 39.2 Å². The summed E-state index contributed by atoms with van der Waals surface area (Å²) >= 11 is 0. The molecule has 23 heavy (non-hydrogen) atoms. The van der Waals surface area contributed by atoms with Crippen molar-refractivity contribution in [1.29, 1.82) is 0 Å². The van der Waals surface area contributed by atoms with Crippen LogP contribution in [0.15, 0.2) is 24.3 Å². The molecule has 1 saturated heterocycles. The fourth-order valence-corrected chi connectivity index (χ4v) is 3.62. The Labute approximate surface area is 143 Å². The van der Waals surface area contributed by atoms with E-state index in [1.165, 1.54) is 11.3 Å². The van der Waals surface area contributed by atoms with Crippen molar-refractivity contribution in [3.05, 3.63) is 29.8 Å². The van der Waals surface area contributed by atoms with Gasteiger partial charge in [0.25, 0.3) is 0 Å². The van der Waals surface area contributed by atoms with E-state index in [-0.39, 0.29) is 5.04 Å². The molecule has 0 bridgehead atoms. The first-order valence-corrected chi connectivity index (χ1v) is 11.8. The van der Waals surface area contributed by atoms with E-state index >= 15 is 0 Å². The van der Waals surface area contributed by atoms with Crippen LogP contribution in [0.1, 0.15) is 26.3 Å². The van der Waals surface area contributed by atoms with Gasteiger partial charge in [-0.3, -0.25) is 0 Å². The molecule has 0 amide bonds. The third-order valence-electron chi connectivity index (χ3n) is 5.46. The smallest absolute Gasteiger partial charge is 0.191 e. The summed E-state index contributed by atoms with van der Waals surface area (Å²) in [6.45, 7) is 16.9. The highest BCUT2D eigenvalue weighted by Gasteiger charge is 2.36. The fourth-order valence-electron chi connectivity index (χ4n) is 2.58. The molecule has 0 spiro atoms. The van der Waals surface area contributed by atoms with E-state index in [2.05, 4.69) is 75.0 Å². The van der Waals surface area contributed by atoms with Crippen LogP contribution in [-0.4, -0.2) is 53.1 Å². The van der Waals surface area contributed by atoms with Gasteiger partial charge in [0.15, 0.2) is 8.32 Å². The van der Waals surface area contributed by atoms with Crippen LogP contribution < -0.4 is 4.90 Å². The van der Waals surface area contributed by atoms with E-state index in [9.17, 15) is 0 Å². The Morgan fingerprint density at radius 2 is 1.57 bits per heavy atom. The number of rotatable bonds is 5. The minimum atomic E-state index is -1.62. The Bertz CT molecular complexity index is 485. The lowest BCUT2D eigenvalue weighted by molar-refractivity contribution is 0.292. The van der Waals surface area contributed by atoms with Crippen molar-refractivity contribution in [1.82, 2.24) is 4.90 Å². The maximum absolute atomic E-state index is 6.28. The molecular weight excluding hydrogens is 300 g/mol. The van der Waals surface area contributed by atoms with Gasteiger partial charge in [0, 0.05) is 38.5 Å². The summed E-state index contributed by atoms with van der Waals surface area (Å²) in [6.07, 6.45) is 1.01. The minimum absolute atomic E-state index is 0.290. The van der Waals surface area contributed by atoms with Crippen LogP contribution in [0.25, 0.3) is 0 Å². The molecule has 1 aromatic rings. The van der Waals surface area contributed by atoms with Gasteiger partial charge in [-0.1, -0.05) is 32.9 Å². The molecule has 3 nitrogen and oxygen atoms in total. The molecule has 0 atom stereocenters. The number of piperazine rings is 1. The van der Waals surface area contributed by atoms with Gasteiger partial charge in [-0.15, -0.1) is 0 Å². The largest absolute Gasteiger partial charge is 0.416 e. The second-order valence-corrected chi connectivity index (χ2v) is 13.1. The number of anilines is 1. The highest BCUT2D eigenvalue weighted by atomic mass is 28.4. The van der Waals surface area contributed by atoms with Crippen LogP contribution in [0.2, 0.25) is 18.1 Å². The third kappa shape index (κ3) is 5.06. The molecule has 130 valence electrons. The van der Waals surface area contributed by atoms with Crippen LogP contribution in [-0.2, 0) is 10.8 Å². The predicted molar refractivity (Wildman–Crippen MR) is 103 cm³/mol. The minimum Gasteiger partial charge on any atom is -0.416 e. The Balaban J connectivity index is 1.84. The average molecular weight is 335 g/mol. The quantitative estimate of drug-likeness (QED) is 0.757. The van der Waals surface area contributed by atoms with Crippen molar-refractivity contribution in [2.45, 2.75) is 45.3 Å². The third-order valence-corrected chi connectivity index (χ3v) is 10.0. The van der Waals surface area contributed by atoms with Gasteiger partial charge in [0.2, 0.25) is 0 Å². The molecule has 4 heteroatoms. The molecule has 1 aromatic carbocycles. The fraction of sp³-hybridized carbons (Fsp3) is 0.684. The molecular formula is C19H34N2OSi. The first-order valence-electron chi connectivity index (χ1n) is 8.85. The van der Waals surface area contributed by atoms with Gasteiger partial charge < -0.3 is 14.2 Å². The number of benzene rings is 1. The van der Waals surface area contributed by atoms with Crippen molar-refractivity contribution in [2.24, 2.45) is 0 Å². The van der Waals surface area contributed by atoms with Gasteiger partial charge in [-0.05, 0) is 49.3 Å². The summed E-state index contributed by atoms with van der Waals surface area (Å²) in [5, 5.41) is 0.290. The average Bonchev–Trinajstić information content (AvgIpc) is 2.47. The Kier molecular flexibility index (Phi) is 5.92. The van der Waals surface area contributed by atoms with Gasteiger partial charge in [-0.2, -0.15) is 0 Å². The van der Waals surface area contributed by atoms with Crippen molar-refractivity contribution in [3.63, 3.8) is 0 Å². The van der Waals surface area contributed by atoms with Crippen molar-refractivity contribution in [3.8, 4) is 0 Å². The van der Waals surface area contributed by atoms with E-state index in [1.54, 1.807) is 0 Å². The molecule has 0 aliphatic carbocycles. The lowest BCUT2D eigenvalue weighted by Crippen LogP contribution is -2.44. The number of hydrogen-bond donors (Lipinski definition) is 0. The zero-order valence-corrected chi connectivity index (χ0v) is 16.9. The molecule has 1 aliphatic heterocycles. The van der Waals surface area contributed by atoms with Crippen LogP contribution in [0, 0.1) is 0 Å². The molecule has 0 unspecified atom stereocenters. The zero-order chi connectivity index (χ0) is 17.1. The molecule has 1 fully saturated rings. The summed E-state index contributed by atoms with van der Waals surface area (Å²) in [6, 6.07) is 9.07. The van der Waals surface area contributed by atoms with Crippen LogP contribution >= 0.6 is 0 Å². The van der Waals surface area contributed by atoms with Gasteiger partial charge >= 0.3 is 0 Å². The topological polar surface area (TPSA) is 15.7 Å². The lowest BCUT2D eigenvalue weighted by Gasteiger charge is -2.36. The van der Waals surface area contributed by atoms with Crippen LogP contribution in [0.3, 0.4) is 0 Å². The van der Waals surface area contributed by atoms with Crippen LogP contribution in [0.5, 0.6) is 0 Å². The monoisotopic (exact) mass is 334 g/mol. The standard InChI is InChI=1S/C19H34N2OSi/c1-19(2,3)23(5,6)22-16-11-17-7-9-18(10-8-17)21-14-12-20(4)13-15-21/h7-10H,11-16H2,1-6H3. The molecule has 1 heterocycles. The Morgan fingerprint density at radius 3 is 2.09 bits per heavy atom. The number of likely N-dealkylation sites (N-methyl/N-ethyl adjacent to an activating group) is 1. The summed E-state index contributed by atoms with van der Waals surface area (Å²) in [5.74, 6) is 0. The van der Waals surface area contributed by atoms with Gasteiger partial charge in [0.05, 0.1) is 0 Å². The summed E-state index contributed by atoms with van der Waals surface area (Å²) in [5.41, 5.74) is 2.73. The summed E-state index contributed by atoms with van der Waals surface area (Å²) in [4.78, 5) is 4.87. The Morgan fingerprint density at radius 1 is 1.00 bits per heavy atom. The van der Waals surface area contributed by atoms with Crippen LogP contribution in [0.4, 0.5) is 5.69 Å². The first kappa shape index (κ1) is 18.5. The zero-order valence-electron chi connectivity index (χ0n) is 15.9.